The van der Waals surface area contributed by atoms with Gasteiger partial charge >= 0.3 is 0 Å². The van der Waals surface area contributed by atoms with Crippen LogP contribution in [0.15, 0.2) is 23.2 Å². The standard InChI is InChI=1S/C14H18ClIN2S/c1-14(2,3)12-6-7-19-13(18-12)17-11-5-4-9(16)8-10(11)15/h4-5,8,12H,6-7H2,1-3H3,(H,17,18). The molecule has 0 radical (unpaired) electrons. The van der Waals surface area contributed by atoms with Gasteiger partial charge in [-0.25, -0.2) is 0 Å². The summed E-state index contributed by atoms with van der Waals surface area (Å²) in [4.78, 5) is 4.82. The van der Waals surface area contributed by atoms with E-state index < -0.39 is 0 Å². The van der Waals surface area contributed by atoms with Crippen LogP contribution < -0.4 is 5.32 Å². The molecule has 0 bridgehead atoms. The molecule has 2 nitrogen and oxygen atoms in total. The van der Waals surface area contributed by atoms with Crippen LogP contribution in [0.25, 0.3) is 0 Å². The summed E-state index contributed by atoms with van der Waals surface area (Å²) >= 11 is 10.3. The van der Waals surface area contributed by atoms with Gasteiger partial charge in [0.2, 0.25) is 0 Å². The van der Waals surface area contributed by atoms with Gasteiger partial charge in [-0.3, -0.25) is 4.99 Å². The van der Waals surface area contributed by atoms with Crippen LogP contribution in [0, 0.1) is 8.99 Å². The van der Waals surface area contributed by atoms with Gasteiger partial charge in [-0.2, -0.15) is 0 Å². The smallest absolute Gasteiger partial charge is 0.161 e. The zero-order chi connectivity index (χ0) is 14.0. The van der Waals surface area contributed by atoms with Gasteiger partial charge in [-0.1, -0.05) is 44.1 Å². The molecular weight excluding hydrogens is 391 g/mol. The second kappa shape index (κ2) is 6.22. The quantitative estimate of drug-likeness (QED) is 0.641. The van der Waals surface area contributed by atoms with E-state index in [-0.39, 0.29) is 5.41 Å². The second-order valence-electron chi connectivity index (χ2n) is 5.70. The molecule has 1 heterocycles. The number of halogens is 2. The SMILES string of the molecule is CC(C)(C)C1CCSC(Nc2ccc(I)cc2Cl)=N1. The van der Waals surface area contributed by atoms with Gasteiger partial charge in [0, 0.05) is 9.32 Å². The summed E-state index contributed by atoms with van der Waals surface area (Å²) in [5.41, 5.74) is 1.15. The lowest BCUT2D eigenvalue weighted by Gasteiger charge is -2.31. The van der Waals surface area contributed by atoms with Crippen LogP contribution in [-0.2, 0) is 0 Å². The van der Waals surface area contributed by atoms with Crippen LogP contribution in [0.1, 0.15) is 27.2 Å². The van der Waals surface area contributed by atoms with Gasteiger partial charge in [0.15, 0.2) is 5.17 Å². The number of hydrogen-bond acceptors (Lipinski definition) is 3. The monoisotopic (exact) mass is 408 g/mol. The fraction of sp³-hybridized carbons (Fsp3) is 0.500. The first-order chi connectivity index (χ1) is 8.86. The fourth-order valence-electron chi connectivity index (χ4n) is 1.91. The Labute approximate surface area is 137 Å². The van der Waals surface area contributed by atoms with Crippen LogP contribution in [0.3, 0.4) is 0 Å². The van der Waals surface area contributed by atoms with E-state index in [9.17, 15) is 0 Å². The summed E-state index contributed by atoms with van der Waals surface area (Å²) in [7, 11) is 0. The Kier molecular flexibility index (Phi) is 5.06. The molecular formula is C14H18ClIN2S. The van der Waals surface area contributed by atoms with Gasteiger partial charge in [0.1, 0.15) is 0 Å². The molecule has 0 saturated heterocycles. The number of anilines is 1. The van der Waals surface area contributed by atoms with E-state index in [4.69, 9.17) is 16.6 Å². The van der Waals surface area contributed by atoms with Crippen molar-refractivity contribution >= 4 is 56.8 Å². The number of rotatable bonds is 1. The van der Waals surface area contributed by atoms with Crippen molar-refractivity contribution in [2.75, 3.05) is 11.1 Å². The number of amidine groups is 1. The zero-order valence-corrected chi connectivity index (χ0v) is 15.1. The highest BCUT2D eigenvalue weighted by molar-refractivity contribution is 14.1. The molecule has 1 N–H and O–H groups in total. The summed E-state index contributed by atoms with van der Waals surface area (Å²) in [5, 5.41) is 5.08. The first kappa shape index (κ1) is 15.4. The fourth-order valence-corrected chi connectivity index (χ4v) is 3.73. The molecule has 1 aliphatic heterocycles. The molecule has 2 rings (SSSR count). The van der Waals surface area contributed by atoms with Gasteiger partial charge in [0.05, 0.1) is 16.8 Å². The maximum atomic E-state index is 6.24. The van der Waals surface area contributed by atoms with Gasteiger partial charge < -0.3 is 5.32 Å². The van der Waals surface area contributed by atoms with Crippen LogP contribution in [0.5, 0.6) is 0 Å². The molecule has 0 saturated carbocycles. The van der Waals surface area contributed by atoms with E-state index in [2.05, 4.69) is 48.7 Å². The predicted molar refractivity (Wildman–Crippen MR) is 95.5 cm³/mol. The minimum absolute atomic E-state index is 0.212. The molecule has 1 aromatic carbocycles. The highest BCUT2D eigenvalue weighted by Crippen LogP contribution is 2.32. The highest BCUT2D eigenvalue weighted by Gasteiger charge is 2.27. The van der Waals surface area contributed by atoms with E-state index in [1.54, 1.807) is 11.8 Å². The molecule has 1 atom stereocenters. The van der Waals surface area contributed by atoms with Crippen molar-refractivity contribution in [2.24, 2.45) is 10.4 Å². The van der Waals surface area contributed by atoms with E-state index >= 15 is 0 Å². The first-order valence-electron chi connectivity index (χ1n) is 6.29. The largest absolute Gasteiger partial charge is 0.334 e. The number of thioether (sulfide) groups is 1. The molecule has 0 aromatic heterocycles. The van der Waals surface area contributed by atoms with Gasteiger partial charge in [0.25, 0.3) is 0 Å². The van der Waals surface area contributed by atoms with Crippen molar-refractivity contribution in [3.05, 3.63) is 26.8 Å². The van der Waals surface area contributed by atoms with Crippen LogP contribution in [0.4, 0.5) is 5.69 Å². The Hall–Kier alpha value is 0.0600. The normalized spacial score (nSPS) is 20.1. The highest BCUT2D eigenvalue weighted by atomic mass is 127. The Bertz CT molecular complexity index is 497. The topological polar surface area (TPSA) is 24.4 Å². The average Bonchev–Trinajstić information content (AvgIpc) is 2.32. The summed E-state index contributed by atoms with van der Waals surface area (Å²) in [6, 6.07) is 6.39. The van der Waals surface area contributed by atoms with E-state index in [1.807, 2.05) is 18.2 Å². The molecule has 1 unspecified atom stereocenters. The van der Waals surface area contributed by atoms with Crippen molar-refractivity contribution in [2.45, 2.75) is 33.2 Å². The lowest BCUT2D eigenvalue weighted by molar-refractivity contribution is 0.316. The minimum Gasteiger partial charge on any atom is -0.334 e. The Morgan fingerprint density at radius 1 is 1.42 bits per heavy atom. The van der Waals surface area contributed by atoms with E-state index in [0.717, 1.165) is 31.6 Å². The number of benzene rings is 1. The molecule has 0 fully saturated rings. The number of hydrogen-bond donors (Lipinski definition) is 1. The maximum absolute atomic E-state index is 6.24. The molecule has 0 aliphatic carbocycles. The summed E-state index contributed by atoms with van der Waals surface area (Å²) in [6.07, 6.45) is 1.14. The average molecular weight is 409 g/mol. The maximum Gasteiger partial charge on any atom is 0.161 e. The van der Waals surface area contributed by atoms with Gasteiger partial charge in [-0.15, -0.1) is 0 Å². The second-order valence-corrected chi connectivity index (χ2v) is 8.44. The van der Waals surface area contributed by atoms with E-state index in [1.165, 1.54) is 0 Å². The van der Waals surface area contributed by atoms with Gasteiger partial charge in [-0.05, 0) is 52.6 Å². The van der Waals surface area contributed by atoms with Crippen molar-refractivity contribution in [1.82, 2.24) is 0 Å². The Morgan fingerprint density at radius 2 is 2.16 bits per heavy atom. The number of nitrogens with one attached hydrogen (secondary N) is 1. The van der Waals surface area contributed by atoms with Crippen molar-refractivity contribution in [3.8, 4) is 0 Å². The van der Waals surface area contributed by atoms with Crippen molar-refractivity contribution < 1.29 is 0 Å². The van der Waals surface area contributed by atoms with Crippen LogP contribution >= 0.6 is 46.0 Å². The summed E-state index contributed by atoms with van der Waals surface area (Å²) in [5.74, 6) is 1.11. The Morgan fingerprint density at radius 3 is 2.79 bits per heavy atom. The van der Waals surface area contributed by atoms with Crippen LogP contribution in [0.2, 0.25) is 5.02 Å². The Balaban J connectivity index is 2.16. The molecule has 0 amide bonds. The zero-order valence-electron chi connectivity index (χ0n) is 11.3. The minimum atomic E-state index is 0.212. The third kappa shape index (κ3) is 4.26. The van der Waals surface area contributed by atoms with E-state index in [0.29, 0.717) is 6.04 Å². The number of nitrogens with zero attached hydrogens (tertiary/aromatic N) is 1. The molecule has 1 aliphatic rings. The molecule has 5 heteroatoms. The first-order valence-corrected chi connectivity index (χ1v) is 8.73. The lowest BCUT2D eigenvalue weighted by Crippen LogP contribution is -2.30. The third-order valence-electron chi connectivity index (χ3n) is 3.08. The molecule has 104 valence electrons. The molecule has 1 aromatic rings. The molecule has 19 heavy (non-hydrogen) atoms. The molecule has 0 spiro atoms. The summed E-state index contributed by atoms with van der Waals surface area (Å²) < 4.78 is 1.14. The predicted octanol–water partition coefficient (Wildman–Crippen LogP) is 5.26. The summed E-state index contributed by atoms with van der Waals surface area (Å²) in [6.45, 7) is 6.73. The lowest BCUT2D eigenvalue weighted by atomic mass is 9.85. The van der Waals surface area contributed by atoms with Crippen molar-refractivity contribution in [1.29, 1.82) is 0 Å². The van der Waals surface area contributed by atoms with Crippen LogP contribution in [-0.4, -0.2) is 17.0 Å². The number of aliphatic imine (C=N–C) groups is 1. The van der Waals surface area contributed by atoms with Crippen molar-refractivity contribution in [3.63, 3.8) is 0 Å². The third-order valence-corrected chi connectivity index (χ3v) is 4.98.